The molecule has 0 saturated heterocycles. The summed E-state index contributed by atoms with van der Waals surface area (Å²) in [4.78, 5) is 15.8. The van der Waals surface area contributed by atoms with Crippen LogP contribution in [0.25, 0.3) is 0 Å². The summed E-state index contributed by atoms with van der Waals surface area (Å²) in [5, 5.41) is 2.98. The summed E-state index contributed by atoms with van der Waals surface area (Å²) < 4.78 is 0. The average Bonchev–Trinajstić information content (AvgIpc) is 2.41. The lowest BCUT2D eigenvalue weighted by Crippen LogP contribution is -2.26. The van der Waals surface area contributed by atoms with Crippen LogP contribution in [0.4, 0.5) is 5.69 Å². The smallest absolute Gasteiger partial charge is 0.254 e. The molecule has 2 rings (SSSR count). The molecule has 1 aromatic heterocycles. The highest BCUT2D eigenvalue weighted by Crippen LogP contribution is 2.15. The first-order valence-electron chi connectivity index (χ1n) is 6.31. The van der Waals surface area contributed by atoms with Gasteiger partial charge >= 0.3 is 0 Å². The van der Waals surface area contributed by atoms with Crippen molar-refractivity contribution in [3.05, 3.63) is 58.4 Å². The van der Waals surface area contributed by atoms with Crippen molar-refractivity contribution in [2.45, 2.75) is 13.3 Å². The first-order valence-corrected chi connectivity index (χ1v) is 6.69. The van der Waals surface area contributed by atoms with E-state index in [1.165, 1.54) is 23.4 Å². The lowest BCUT2D eigenvalue weighted by atomic mass is 10.1. The highest BCUT2D eigenvalue weighted by molar-refractivity contribution is 6.32. The summed E-state index contributed by atoms with van der Waals surface area (Å²) in [5.41, 5.74) is 8.71. The third kappa shape index (κ3) is 3.71. The summed E-state index contributed by atoms with van der Waals surface area (Å²) in [6, 6.07) is 9.71. The number of amides is 1. The zero-order chi connectivity index (χ0) is 14.5. The van der Waals surface area contributed by atoms with E-state index in [0.717, 1.165) is 6.42 Å². The summed E-state index contributed by atoms with van der Waals surface area (Å²) >= 11 is 5.88. The van der Waals surface area contributed by atoms with Crippen LogP contribution < -0.4 is 11.1 Å². The lowest BCUT2D eigenvalue weighted by Gasteiger charge is -2.07. The zero-order valence-corrected chi connectivity index (χ0v) is 11.9. The molecule has 0 aliphatic heterocycles. The lowest BCUT2D eigenvalue weighted by molar-refractivity contribution is 0.0954. The number of benzene rings is 1. The second-order valence-corrected chi connectivity index (χ2v) is 4.96. The number of hydrogen-bond acceptors (Lipinski definition) is 3. The van der Waals surface area contributed by atoms with E-state index in [0.29, 0.717) is 17.8 Å². The van der Waals surface area contributed by atoms with Crippen LogP contribution in [-0.2, 0) is 6.42 Å². The fraction of sp³-hybridized carbons (Fsp3) is 0.200. The molecule has 0 aliphatic rings. The van der Waals surface area contributed by atoms with Gasteiger partial charge in [-0.2, -0.15) is 0 Å². The molecule has 1 aromatic carbocycles. The summed E-state index contributed by atoms with van der Waals surface area (Å²) in [7, 11) is 0. The van der Waals surface area contributed by atoms with Crippen molar-refractivity contribution in [1.29, 1.82) is 0 Å². The molecule has 3 N–H and O–H groups in total. The number of nitrogens with two attached hydrogens (primary N) is 1. The quantitative estimate of drug-likeness (QED) is 0.850. The van der Waals surface area contributed by atoms with Gasteiger partial charge in [0.2, 0.25) is 0 Å². The predicted molar refractivity (Wildman–Crippen MR) is 80.9 cm³/mol. The number of halogens is 1. The first kappa shape index (κ1) is 14.3. The highest BCUT2D eigenvalue weighted by Gasteiger charge is 2.11. The number of carbonyl (C=O) groups is 1. The Morgan fingerprint density at radius 2 is 2.20 bits per heavy atom. The molecule has 1 heterocycles. The normalized spacial score (nSPS) is 10.3. The number of carbonyl (C=O) groups excluding carboxylic acids is 1. The number of nitrogens with zero attached hydrogens (tertiary/aromatic N) is 1. The van der Waals surface area contributed by atoms with Crippen molar-refractivity contribution >= 4 is 23.2 Å². The van der Waals surface area contributed by atoms with E-state index < -0.39 is 0 Å². The number of rotatable bonds is 4. The Labute approximate surface area is 123 Å². The maximum absolute atomic E-state index is 12.0. The molecule has 0 radical (unpaired) electrons. The monoisotopic (exact) mass is 289 g/mol. The minimum atomic E-state index is -0.262. The van der Waals surface area contributed by atoms with Gasteiger partial charge in [-0.3, -0.25) is 4.79 Å². The fourth-order valence-corrected chi connectivity index (χ4v) is 2.10. The van der Waals surface area contributed by atoms with Crippen molar-refractivity contribution < 1.29 is 4.79 Å². The highest BCUT2D eigenvalue weighted by atomic mass is 35.5. The molecule has 1 amide bonds. The minimum absolute atomic E-state index is 0.159. The van der Waals surface area contributed by atoms with Crippen molar-refractivity contribution in [2.24, 2.45) is 0 Å². The van der Waals surface area contributed by atoms with Gasteiger partial charge < -0.3 is 11.1 Å². The number of nitrogen functional groups attached to an aromatic ring is 1. The van der Waals surface area contributed by atoms with E-state index in [-0.39, 0.29) is 11.1 Å². The summed E-state index contributed by atoms with van der Waals surface area (Å²) in [6.07, 6.45) is 2.19. The minimum Gasteiger partial charge on any atom is -0.397 e. The summed E-state index contributed by atoms with van der Waals surface area (Å²) in [6.45, 7) is 2.58. The van der Waals surface area contributed by atoms with Gasteiger partial charge in [0.15, 0.2) is 0 Å². The summed E-state index contributed by atoms with van der Waals surface area (Å²) in [5.74, 6) is -0.262. The Bertz CT molecular complexity index is 628. The van der Waals surface area contributed by atoms with Gasteiger partial charge in [-0.15, -0.1) is 0 Å². The van der Waals surface area contributed by atoms with Gasteiger partial charge in [-0.1, -0.05) is 41.4 Å². The van der Waals surface area contributed by atoms with Gasteiger partial charge in [-0.25, -0.2) is 4.98 Å². The Morgan fingerprint density at radius 3 is 2.95 bits per heavy atom. The van der Waals surface area contributed by atoms with Crippen LogP contribution in [0.15, 0.2) is 36.5 Å². The molecule has 0 fully saturated rings. The van der Waals surface area contributed by atoms with E-state index in [2.05, 4.69) is 16.4 Å². The first-order chi connectivity index (χ1) is 9.56. The van der Waals surface area contributed by atoms with Crippen LogP contribution >= 0.6 is 11.6 Å². The van der Waals surface area contributed by atoms with E-state index in [1.807, 2.05) is 25.1 Å². The molecule has 0 spiro atoms. The second-order valence-electron chi connectivity index (χ2n) is 4.60. The molecule has 0 atom stereocenters. The van der Waals surface area contributed by atoms with Crippen LogP contribution in [0.5, 0.6) is 0 Å². The topological polar surface area (TPSA) is 68.0 Å². The molecular weight excluding hydrogens is 274 g/mol. The Morgan fingerprint density at radius 1 is 1.40 bits per heavy atom. The third-order valence-corrected chi connectivity index (χ3v) is 3.19. The maximum atomic E-state index is 12.0. The molecule has 5 heteroatoms. The van der Waals surface area contributed by atoms with Crippen LogP contribution in [0.2, 0.25) is 5.15 Å². The fourth-order valence-electron chi connectivity index (χ4n) is 1.91. The number of nitrogens with one attached hydrogen (secondary N) is 1. The Balaban J connectivity index is 1.94. The van der Waals surface area contributed by atoms with E-state index in [1.54, 1.807) is 0 Å². The Kier molecular flexibility index (Phi) is 4.58. The Hall–Kier alpha value is -2.07. The predicted octanol–water partition coefficient (Wildman–Crippen LogP) is 2.60. The van der Waals surface area contributed by atoms with E-state index >= 15 is 0 Å². The third-order valence-electron chi connectivity index (χ3n) is 2.89. The van der Waals surface area contributed by atoms with Crippen molar-refractivity contribution in [2.75, 3.05) is 12.3 Å². The molecule has 4 nitrogen and oxygen atoms in total. The molecule has 104 valence electrons. The van der Waals surface area contributed by atoms with Gasteiger partial charge in [0.05, 0.1) is 17.4 Å². The SMILES string of the molecule is Cc1cccc(CCNC(=O)c2cc(N)cnc2Cl)c1. The molecular formula is C15H16ClN3O. The molecule has 2 aromatic rings. The number of hydrogen-bond donors (Lipinski definition) is 2. The molecule has 0 unspecified atom stereocenters. The largest absolute Gasteiger partial charge is 0.397 e. The van der Waals surface area contributed by atoms with Crippen LogP contribution in [0, 0.1) is 6.92 Å². The number of aromatic nitrogens is 1. The average molecular weight is 290 g/mol. The molecule has 20 heavy (non-hydrogen) atoms. The maximum Gasteiger partial charge on any atom is 0.254 e. The number of anilines is 1. The second kappa shape index (κ2) is 6.39. The van der Waals surface area contributed by atoms with Gasteiger partial charge in [0, 0.05) is 6.54 Å². The molecule has 0 bridgehead atoms. The van der Waals surface area contributed by atoms with Gasteiger partial charge in [0.25, 0.3) is 5.91 Å². The van der Waals surface area contributed by atoms with Crippen LogP contribution in [0.1, 0.15) is 21.5 Å². The standard InChI is InChI=1S/C15H16ClN3O/c1-10-3-2-4-11(7-10)5-6-18-15(20)13-8-12(17)9-19-14(13)16/h2-4,7-9H,5-6,17H2,1H3,(H,18,20). The van der Waals surface area contributed by atoms with Crippen molar-refractivity contribution in [1.82, 2.24) is 10.3 Å². The number of aryl methyl sites for hydroxylation is 1. The van der Waals surface area contributed by atoms with Gasteiger partial charge in [0.1, 0.15) is 5.15 Å². The van der Waals surface area contributed by atoms with E-state index in [9.17, 15) is 4.79 Å². The van der Waals surface area contributed by atoms with Crippen molar-refractivity contribution in [3.63, 3.8) is 0 Å². The molecule has 0 aliphatic carbocycles. The van der Waals surface area contributed by atoms with Crippen LogP contribution in [-0.4, -0.2) is 17.4 Å². The zero-order valence-electron chi connectivity index (χ0n) is 11.2. The number of pyridine rings is 1. The van der Waals surface area contributed by atoms with Crippen molar-refractivity contribution in [3.8, 4) is 0 Å². The van der Waals surface area contributed by atoms with Gasteiger partial charge in [-0.05, 0) is 25.0 Å². The van der Waals surface area contributed by atoms with Crippen LogP contribution in [0.3, 0.4) is 0 Å². The molecule has 0 saturated carbocycles. The van der Waals surface area contributed by atoms with E-state index in [4.69, 9.17) is 17.3 Å².